The first-order chi connectivity index (χ1) is 11.7. The summed E-state index contributed by atoms with van der Waals surface area (Å²) in [4.78, 5) is 0. The molecule has 1 unspecified atom stereocenters. The van der Waals surface area contributed by atoms with E-state index < -0.39 is 5.67 Å². The van der Waals surface area contributed by atoms with Gasteiger partial charge in [-0.05, 0) is 113 Å². The molecule has 4 aliphatic rings. The van der Waals surface area contributed by atoms with Crippen LogP contribution in [0.3, 0.4) is 0 Å². The molecule has 4 rings (SSSR count). The normalized spacial score (nSPS) is 55.6. The quantitative estimate of drug-likeness (QED) is 0.548. The second-order valence-electron chi connectivity index (χ2n) is 11.1. The van der Waals surface area contributed by atoms with E-state index in [0.717, 1.165) is 37.0 Å². The van der Waals surface area contributed by atoms with Crippen LogP contribution < -0.4 is 0 Å². The van der Waals surface area contributed by atoms with E-state index in [1.165, 1.54) is 38.5 Å². The summed E-state index contributed by atoms with van der Waals surface area (Å²) in [7, 11) is 0. The van der Waals surface area contributed by atoms with E-state index >= 15 is 0 Å². The molecule has 4 saturated carbocycles. The van der Waals surface area contributed by atoms with Gasteiger partial charge in [0.2, 0.25) is 0 Å². The van der Waals surface area contributed by atoms with Crippen molar-refractivity contribution in [3.63, 3.8) is 0 Å². The van der Waals surface area contributed by atoms with E-state index in [1.54, 1.807) is 0 Å². The van der Waals surface area contributed by atoms with Crippen molar-refractivity contribution in [2.75, 3.05) is 0 Å². The van der Waals surface area contributed by atoms with Crippen LogP contribution in [-0.2, 0) is 4.74 Å². The van der Waals surface area contributed by atoms with Crippen molar-refractivity contribution in [2.24, 2.45) is 34.5 Å². The summed E-state index contributed by atoms with van der Waals surface area (Å²) in [6, 6.07) is 0. The Morgan fingerprint density at radius 2 is 1.56 bits per heavy atom. The Labute approximate surface area is 154 Å². The van der Waals surface area contributed by atoms with Crippen molar-refractivity contribution < 1.29 is 9.13 Å². The molecule has 144 valence electrons. The molecule has 4 fully saturated rings. The molecule has 2 heteroatoms. The summed E-state index contributed by atoms with van der Waals surface area (Å²) in [5.74, 6) is 3.15. The standard InChI is InChI=1S/C23H39FO/c1-15(2)25-20-9-8-18-17-7-6-16-14-21(3,24)12-13-22(16,4)19(17)10-11-23(18,20)5/h15-20H,6-14H2,1-5H3/t16-,17-,18-,19-,20-,21?,22-,23-/m0/s1. The third-order valence-electron chi connectivity index (χ3n) is 9.27. The monoisotopic (exact) mass is 350 g/mol. The Morgan fingerprint density at radius 1 is 0.840 bits per heavy atom. The van der Waals surface area contributed by atoms with Crippen molar-refractivity contribution in [2.45, 2.75) is 110 Å². The van der Waals surface area contributed by atoms with E-state index in [-0.39, 0.29) is 0 Å². The minimum absolute atomic E-state index is 0.340. The highest BCUT2D eigenvalue weighted by Crippen LogP contribution is 2.67. The number of hydrogen-bond donors (Lipinski definition) is 0. The predicted molar refractivity (Wildman–Crippen MR) is 101 cm³/mol. The molecule has 0 N–H and O–H groups in total. The fraction of sp³-hybridized carbons (Fsp3) is 1.00. The minimum atomic E-state index is -0.913. The van der Waals surface area contributed by atoms with Crippen LogP contribution in [0.2, 0.25) is 0 Å². The maximum Gasteiger partial charge on any atom is 0.108 e. The van der Waals surface area contributed by atoms with Gasteiger partial charge in [-0.1, -0.05) is 13.8 Å². The van der Waals surface area contributed by atoms with Gasteiger partial charge in [-0.15, -0.1) is 0 Å². The lowest BCUT2D eigenvalue weighted by molar-refractivity contribution is -0.150. The number of rotatable bonds is 2. The SMILES string of the molecule is CC(C)O[C@H]1CC[C@H]2[C@@H]3CC[C@H]4CC(C)(F)CC[C@]4(C)[C@H]3CC[C@]12C. The zero-order valence-electron chi connectivity index (χ0n) is 17.1. The molecule has 8 atom stereocenters. The second kappa shape index (κ2) is 5.94. The van der Waals surface area contributed by atoms with Crippen molar-refractivity contribution in [1.82, 2.24) is 0 Å². The predicted octanol–water partition coefficient (Wildman–Crippen LogP) is 6.55. The van der Waals surface area contributed by atoms with Gasteiger partial charge in [0.05, 0.1) is 12.2 Å². The van der Waals surface area contributed by atoms with Crippen LogP contribution in [-0.4, -0.2) is 17.9 Å². The molecule has 0 amide bonds. The van der Waals surface area contributed by atoms with Crippen molar-refractivity contribution >= 4 is 0 Å². The molecule has 0 aliphatic heterocycles. The second-order valence-corrected chi connectivity index (χ2v) is 11.1. The molecule has 0 bridgehead atoms. The third kappa shape index (κ3) is 2.80. The molecule has 0 heterocycles. The minimum Gasteiger partial charge on any atom is -0.375 e. The summed E-state index contributed by atoms with van der Waals surface area (Å²) in [5.41, 5.74) is -0.130. The molecular weight excluding hydrogens is 311 g/mol. The molecule has 0 spiro atoms. The van der Waals surface area contributed by atoms with Crippen molar-refractivity contribution in [3.05, 3.63) is 0 Å². The highest BCUT2D eigenvalue weighted by Gasteiger charge is 2.61. The first-order valence-corrected chi connectivity index (χ1v) is 11.0. The maximum atomic E-state index is 14.7. The number of alkyl halides is 1. The van der Waals surface area contributed by atoms with Gasteiger partial charge in [0, 0.05) is 0 Å². The molecular formula is C23H39FO. The molecule has 0 aromatic rings. The van der Waals surface area contributed by atoms with Gasteiger partial charge in [-0.3, -0.25) is 0 Å². The third-order valence-corrected chi connectivity index (χ3v) is 9.27. The smallest absolute Gasteiger partial charge is 0.108 e. The van der Waals surface area contributed by atoms with E-state index in [9.17, 15) is 4.39 Å². The molecule has 25 heavy (non-hydrogen) atoms. The highest BCUT2D eigenvalue weighted by molar-refractivity contribution is 5.10. The van der Waals surface area contributed by atoms with Gasteiger partial charge in [0.1, 0.15) is 5.67 Å². The number of fused-ring (bicyclic) bond motifs is 5. The van der Waals surface area contributed by atoms with Gasteiger partial charge in [-0.25, -0.2) is 4.39 Å². The lowest BCUT2D eigenvalue weighted by Crippen LogP contribution is -2.55. The summed E-state index contributed by atoms with van der Waals surface area (Å²) in [6.45, 7) is 11.3. The molecule has 0 aromatic heterocycles. The maximum absolute atomic E-state index is 14.7. The van der Waals surface area contributed by atoms with E-state index in [2.05, 4.69) is 27.7 Å². The van der Waals surface area contributed by atoms with Gasteiger partial charge < -0.3 is 4.74 Å². The zero-order chi connectivity index (χ0) is 18.0. The Hall–Kier alpha value is -0.110. The van der Waals surface area contributed by atoms with Crippen LogP contribution >= 0.6 is 0 Å². The van der Waals surface area contributed by atoms with Gasteiger partial charge in [-0.2, -0.15) is 0 Å². The fourth-order valence-corrected chi connectivity index (χ4v) is 7.91. The van der Waals surface area contributed by atoms with Crippen LogP contribution in [0.5, 0.6) is 0 Å². The fourth-order valence-electron chi connectivity index (χ4n) is 7.91. The van der Waals surface area contributed by atoms with Crippen LogP contribution in [0.25, 0.3) is 0 Å². The average molecular weight is 351 g/mol. The number of ether oxygens (including phenoxy) is 1. The van der Waals surface area contributed by atoms with Gasteiger partial charge in [0.25, 0.3) is 0 Å². The molecule has 4 aliphatic carbocycles. The van der Waals surface area contributed by atoms with E-state index in [1.807, 2.05) is 6.92 Å². The van der Waals surface area contributed by atoms with Gasteiger partial charge in [0.15, 0.2) is 0 Å². The van der Waals surface area contributed by atoms with Crippen LogP contribution in [0.15, 0.2) is 0 Å². The number of hydrogen-bond acceptors (Lipinski definition) is 1. The van der Waals surface area contributed by atoms with Crippen molar-refractivity contribution in [3.8, 4) is 0 Å². The van der Waals surface area contributed by atoms with Gasteiger partial charge >= 0.3 is 0 Å². The molecule has 0 radical (unpaired) electrons. The lowest BCUT2D eigenvalue weighted by Gasteiger charge is -2.61. The Kier molecular flexibility index (Phi) is 4.34. The highest BCUT2D eigenvalue weighted by atomic mass is 19.1. The van der Waals surface area contributed by atoms with Crippen molar-refractivity contribution in [1.29, 1.82) is 0 Å². The first kappa shape index (κ1) is 18.3. The Balaban J connectivity index is 1.56. The van der Waals surface area contributed by atoms with E-state index in [0.29, 0.717) is 29.0 Å². The van der Waals surface area contributed by atoms with Crippen LogP contribution in [0.4, 0.5) is 4.39 Å². The molecule has 0 saturated heterocycles. The van der Waals surface area contributed by atoms with Crippen LogP contribution in [0, 0.1) is 34.5 Å². The van der Waals surface area contributed by atoms with Crippen LogP contribution in [0.1, 0.15) is 92.4 Å². The van der Waals surface area contributed by atoms with E-state index in [4.69, 9.17) is 4.74 Å². The molecule has 0 aromatic carbocycles. The summed E-state index contributed by atoms with van der Waals surface area (Å²) in [6.07, 6.45) is 11.4. The number of halogens is 1. The first-order valence-electron chi connectivity index (χ1n) is 11.0. The zero-order valence-corrected chi connectivity index (χ0v) is 17.1. The Bertz CT molecular complexity index is 514. The largest absolute Gasteiger partial charge is 0.375 e. The summed E-state index contributed by atoms with van der Waals surface area (Å²) < 4.78 is 21.0. The summed E-state index contributed by atoms with van der Waals surface area (Å²) >= 11 is 0. The summed E-state index contributed by atoms with van der Waals surface area (Å²) in [5, 5.41) is 0. The Morgan fingerprint density at radius 3 is 2.28 bits per heavy atom. The molecule has 1 nitrogen and oxygen atoms in total. The topological polar surface area (TPSA) is 9.23 Å². The average Bonchev–Trinajstić information content (AvgIpc) is 2.84. The lowest BCUT2D eigenvalue weighted by atomic mass is 9.44.